The van der Waals surface area contributed by atoms with Crippen molar-refractivity contribution in [2.24, 2.45) is 0 Å². The molecule has 4 nitrogen and oxygen atoms in total. The zero-order chi connectivity index (χ0) is 18.2. The number of anilines is 1. The third-order valence-corrected chi connectivity index (χ3v) is 4.69. The number of esters is 1. The molecule has 0 atom stereocenters. The lowest BCUT2D eigenvalue weighted by molar-refractivity contribution is -0.146. The quantitative estimate of drug-likeness (QED) is 0.565. The Balaban J connectivity index is 1.69. The van der Waals surface area contributed by atoms with E-state index in [9.17, 15) is 9.59 Å². The Morgan fingerprint density at radius 1 is 1.12 bits per heavy atom. The van der Waals surface area contributed by atoms with E-state index in [2.05, 4.69) is 5.32 Å². The normalized spacial score (nSPS) is 10.4. The fraction of sp³-hybridized carbons (Fsp3) is 0.263. The molecule has 0 fully saturated rings. The summed E-state index contributed by atoms with van der Waals surface area (Å²) in [5.74, 6) is -0.149. The molecule has 6 heteroatoms. The van der Waals surface area contributed by atoms with E-state index in [4.69, 9.17) is 16.3 Å². The van der Waals surface area contributed by atoms with Gasteiger partial charge in [-0.25, -0.2) is 0 Å². The number of rotatable bonds is 7. The summed E-state index contributed by atoms with van der Waals surface area (Å²) in [5, 5.41) is 3.44. The van der Waals surface area contributed by atoms with Gasteiger partial charge in [0.15, 0.2) is 6.61 Å². The number of aryl methyl sites for hydroxylation is 2. The van der Waals surface area contributed by atoms with Crippen LogP contribution in [-0.2, 0) is 14.3 Å². The SMILES string of the molecule is Cc1ccc(C)c(NC(=O)COC(=O)CCSc2ccc(Cl)cc2)c1. The average molecular weight is 378 g/mol. The first-order valence-electron chi connectivity index (χ1n) is 7.85. The Hall–Kier alpha value is -1.98. The molecule has 0 aliphatic heterocycles. The van der Waals surface area contributed by atoms with Gasteiger partial charge in [-0.2, -0.15) is 0 Å². The molecular weight excluding hydrogens is 358 g/mol. The molecule has 0 aliphatic carbocycles. The molecule has 0 aliphatic rings. The molecule has 2 aromatic rings. The Morgan fingerprint density at radius 3 is 2.56 bits per heavy atom. The molecule has 0 aromatic heterocycles. The molecule has 25 heavy (non-hydrogen) atoms. The second kappa shape index (κ2) is 9.49. The van der Waals surface area contributed by atoms with E-state index >= 15 is 0 Å². The van der Waals surface area contributed by atoms with Crippen LogP contribution in [0.3, 0.4) is 0 Å². The highest BCUT2D eigenvalue weighted by atomic mass is 35.5. The third kappa shape index (κ3) is 6.80. The van der Waals surface area contributed by atoms with Crippen molar-refractivity contribution >= 4 is 40.9 Å². The number of hydrogen-bond donors (Lipinski definition) is 1. The molecule has 2 rings (SSSR count). The molecule has 0 saturated heterocycles. The van der Waals surface area contributed by atoms with Gasteiger partial charge in [0.1, 0.15) is 0 Å². The van der Waals surface area contributed by atoms with Crippen molar-refractivity contribution in [1.29, 1.82) is 0 Å². The number of hydrogen-bond acceptors (Lipinski definition) is 4. The number of ether oxygens (including phenoxy) is 1. The number of nitrogens with one attached hydrogen (secondary N) is 1. The Bertz CT molecular complexity index is 747. The largest absolute Gasteiger partial charge is 0.456 e. The minimum atomic E-state index is -0.391. The van der Waals surface area contributed by atoms with E-state index in [0.717, 1.165) is 21.7 Å². The molecule has 0 heterocycles. The Labute approximate surface area is 156 Å². The second-order valence-electron chi connectivity index (χ2n) is 5.58. The summed E-state index contributed by atoms with van der Waals surface area (Å²) in [6.07, 6.45) is 0.240. The number of carbonyl (C=O) groups is 2. The average Bonchev–Trinajstić information content (AvgIpc) is 2.58. The number of thioether (sulfide) groups is 1. The van der Waals surface area contributed by atoms with Crippen molar-refractivity contribution in [2.45, 2.75) is 25.2 Å². The van der Waals surface area contributed by atoms with Gasteiger partial charge >= 0.3 is 5.97 Å². The van der Waals surface area contributed by atoms with Crippen molar-refractivity contribution in [2.75, 3.05) is 17.7 Å². The molecule has 132 valence electrons. The maximum Gasteiger partial charge on any atom is 0.307 e. The first-order chi connectivity index (χ1) is 11.9. The van der Waals surface area contributed by atoms with Gasteiger partial charge in [0, 0.05) is 21.4 Å². The van der Waals surface area contributed by atoms with E-state index in [1.165, 1.54) is 11.8 Å². The van der Waals surface area contributed by atoms with Crippen molar-refractivity contribution in [3.05, 3.63) is 58.6 Å². The van der Waals surface area contributed by atoms with Crippen LogP contribution in [0.5, 0.6) is 0 Å². The van der Waals surface area contributed by atoms with Crippen LogP contribution in [0.15, 0.2) is 47.4 Å². The van der Waals surface area contributed by atoms with E-state index in [-0.39, 0.29) is 18.9 Å². The van der Waals surface area contributed by atoms with Gasteiger partial charge in [-0.05, 0) is 55.3 Å². The number of benzene rings is 2. The van der Waals surface area contributed by atoms with Gasteiger partial charge < -0.3 is 10.1 Å². The monoisotopic (exact) mass is 377 g/mol. The summed E-state index contributed by atoms with van der Waals surface area (Å²) in [6.45, 7) is 3.58. The number of amides is 1. The molecule has 0 bridgehead atoms. The minimum absolute atomic E-state index is 0.240. The van der Waals surface area contributed by atoms with Crippen LogP contribution in [0.1, 0.15) is 17.5 Å². The van der Waals surface area contributed by atoms with E-state index in [0.29, 0.717) is 10.8 Å². The molecule has 1 N–H and O–H groups in total. The molecule has 0 spiro atoms. The van der Waals surface area contributed by atoms with Crippen molar-refractivity contribution in [3.63, 3.8) is 0 Å². The smallest absolute Gasteiger partial charge is 0.307 e. The van der Waals surface area contributed by atoms with E-state index in [1.807, 2.05) is 44.2 Å². The number of carbonyl (C=O) groups excluding carboxylic acids is 2. The summed E-state index contributed by atoms with van der Waals surface area (Å²) >= 11 is 7.36. The predicted molar refractivity (Wildman–Crippen MR) is 102 cm³/mol. The fourth-order valence-corrected chi connectivity index (χ4v) is 3.02. The predicted octanol–water partition coefficient (Wildman–Crippen LogP) is 4.62. The summed E-state index contributed by atoms with van der Waals surface area (Å²) < 4.78 is 5.02. The van der Waals surface area contributed by atoms with Crippen LogP contribution in [0, 0.1) is 13.8 Å². The fourth-order valence-electron chi connectivity index (χ4n) is 2.06. The van der Waals surface area contributed by atoms with E-state index < -0.39 is 5.97 Å². The van der Waals surface area contributed by atoms with Gasteiger partial charge in [0.2, 0.25) is 0 Å². The molecule has 2 aromatic carbocycles. The van der Waals surface area contributed by atoms with Crippen LogP contribution >= 0.6 is 23.4 Å². The van der Waals surface area contributed by atoms with Crippen molar-refractivity contribution < 1.29 is 14.3 Å². The molecule has 0 unspecified atom stereocenters. The lowest BCUT2D eigenvalue weighted by Crippen LogP contribution is -2.21. The summed E-state index contributed by atoms with van der Waals surface area (Å²) in [4.78, 5) is 24.7. The minimum Gasteiger partial charge on any atom is -0.456 e. The lowest BCUT2D eigenvalue weighted by atomic mass is 10.1. The molecular formula is C19H20ClNO3S. The Kier molecular flexibility index (Phi) is 7.34. The number of halogens is 1. The first kappa shape index (κ1) is 19.3. The van der Waals surface area contributed by atoms with Crippen LogP contribution in [0.25, 0.3) is 0 Å². The third-order valence-electron chi connectivity index (χ3n) is 3.42. The highest BCUT2D eigenvalue weighted by molar-refractivity contribution is 7.99. The van der Waals surface area contributed by atoms with Crippen LogP contribution in [0.4, 0.5) is 5.69 Å². The summed E-state index contributed by atoms with van der Waals surface area (Å²) in [7, 11) is 0. The molecule has 1 amide bonds. The topological polar surface area (TPSA) is 55.4 Å². The zero-order valence-corrected chi connectivity index (χ0v) is 15.7. The van der Waals surface area contributed by atoms with Crippen LogP contribution in [0.2, 0.25) is 5.02 Å². The second-order valence-corrected chi connectivity index (χ2v) is 7.18. The summed E-state index contributed by atoms with van der Waals surface area (Å²) in [6, 6.07) is 13.2. The molecule has 0 saturated carbocycles. The van der Waals surface area contributed by atoms with Gasteiger partial charge in [-0.15, -0.1) is 11.8 Å². The van der Waals surface area contributed by atoms with Gasteiger partial charge in [0.05, 0.1) is 6.42 Å². The maximum absolute atomic E-state index is 11.9. The van der Waals surface area contributed by atoms with Crippen LogP contribution in [-0.4, -0.2) is 24.2 Å². The van der Waals surface area contributed by atoms with Gasteiger partial charge in [-0.1, -0.05) is 23.7 Å². The zero-order valence-electron chi connectivity index (χ0n) is 14.2. The summed E-state index contributed by atoms with van der Waals surface area (Å²) in [5.41, 5.74) is 2.75. The van der Waals surface area contributed by atoms with Crippen molar-refractivity contribution in [3.8, 4) is 0 Å². The first-order valence-corrected chi connectivity index (χ1v) is 9.21. The van der Waals surface area contributed by atoms with Gasteiger partial charge in [-0.3, -0.25) is 9.59 Å². The Morgan fingerprint density at radius 2 is 1.84 bits per heavy atom. The van der Waals surface area contributed by atoms with E-state index in [1.54, 1.807) is 12.1 Å². The van der Waals surface area contributed by atoms with Gasteiger partial charge in [0.25, 0.3) is 5.91 Å². The lowest BCUT2D eigenvalue weighted by Gasteiger charge is -2.10. The van der Waals surface area contributed by atoms with Crippen LogP contribution < -0.4 is 5.32 Å². The maximum atomic E-state index is 11.9. The van der Waals surface area contributed by atoms with Crippen molar-refractivity contribution in [1.82, 2.24) is 0 Å². The highest BCUT2D eigenvalue weighted by Crippen LogP contribution is 2.21. The highest BCUT2D eigenvalue weighted by Gasteiger charge is 2.09. The standard InChI is InChI=1S/C19H20ClNO3S/c1-13-3-4-14(2)17(11-13)21-18(22)12-24-19(23)9-10-25-16-7-5-15(20)6-8-16/h3-8,11H,9-10,12H2,1-2H3,(H,21,22). The molecule has 0 radical (unpaired) electrons.